The number of anilines is 1. The van der Waals surface area contributed by atoms with Gasteiger partial charge in [-0.3, -0.25) is 4.98 Å². The Morgan fingerprint density at radius 2 is 1.94 bits per heavy atom. The van der Waals surface area contributed by atoms with Gasteiger partial charge in [0, 0.05) is 25.2 Å². The van der Waals surface area contributed by atoms with Crippen LogP contribution in [0.4, 0.5) is 14.9 Å². The van der Waals surface area contributed by atoms with Gasteiger partial charge < -0.3 is 15.0 Å². The molecular formula is C27H28FN3O2. The number of piperidine rings is 1. The average molecular weight is 446 g/mol. The number of ether oxygens (including phenoxy) is 1. The molecule has 0 aliphatic carbocycles. The molecule has 1 aromatic heterocycles. The summed E-state index contributed by atoms with van der Waals surface area (Å²) in [5.41, 5.74) is 4.94. The van der Waals surface area contributed by atoms with Crippen LogP contribution in [0.25, 0.3) is 6.08 Å². The van der Waals surface area contributed by atoms with E-state index >= 15 is 0 Å². The van der Waals surface area contributed by atoms with Crippen LogP contribution in [0, 0.1) is 12.7 Å². The van der Waals surface area contributed by atoms with Gasteiger partial charge in [-0.05, 0) is 67.3 Å². The number of nitrogens with zero attached hydrogens (tertiary/aromatic N) is 2. The fraction of sp³-hybridized carbons (Fsp3) is 0.259. The highest BCUT2D eigenvalue weighted by Gasteiger charge is 2.19. The summed E-state index contributed by atoms with van der Waals surface area (Å²) in [5.74, 6) is 0.570. The number of hydrogen-bond donors (Lipinski definition) is 1. The second-order valence-electron chi connectivity index (χ2n) is 8.21. The maximum absolute atomic E-state index is 13.3. The normalized spacial score (nSPS) is 13.5. The Balaban J connectivity index is 1.27. The van der Waals surface area contributed by atoms with E-state index in [0.717, 1.165) is 35.4 Å². The number of likely N-dealkylation sites (tertiary alicyclic amines) is 1. The monoisotopic (exact) mass is 445 g/mol. The van der Waals surface area contributed by atoms with Gasteiger partial charge in [-0.1, -0.05) is 35.9 Å². The SMILES string of the molecule is Cc1ccc(NC(=O)N2CCC(=Cc3cccc(OCCc4cccc(F)c4)c3)CC2)cn1. The molecule has 2 aromatic carbocycles. The van der Waals surface area contributed by atoms with E-state index in [1.54, 1.807) is 12.3 Å². The molecule has 1 N–H and O–H groups in total. The minimum Gasteiger partial charge on any atom is -0.493 e. The van der Waals surface area contributed by atoms with Crippen LogP contribution in [0.1, 0.15) is 29.7 Å². The molecule has 6 heteroatoms. The van der Waals surface area contributed by atoms with Crippen LogP contribution in [0.5, 0.6) is 5.75 Å². The molecule has 0 radical (unpaired) electrons. The van der Waals surface area contributed by atoms with Crippen LogP contribution < -0.4 is 10.1 Å². The topological polar surface area (TPSA) is 54.5 Å². The second-order valence-corrected chi connectivity index (χ2v) is 8.21. The van der Waals surface area contributed by atoms with Crippen LogP contribution in [0.3, 0.4) is 0 Å². The number of carbonyl (C=O) groups is 1. The summed E-state index contributed by atoms with van der Waals surface area (Å²) in [6.45, 7) is 3.77. The smallest absolute Gasteiger partial charge is 0.321 e. The fourth-order valence-electron chi connectivity index (χ4n) is 3.79. The van der Waals surface area contributed by atoms with Gasteiger partial charge in [-0.25, -0.2) is 9.18 Å². The van der Waals surface area contributed by atoms with Gasteiger partial charge in [0.25, 0.3) is 0 Å². The van der Waals surface area contributed by atoms with E-state index in [-0.39, 0.29) is 11.8 Å². The number of amides is 2. The lowest BCUT2D eigenvalue weighted by atomic mass is 10.0. The molecule has 0 atom stereocenters. The molecule has 5 nitrogen and oxygen atoms in total. The summed E-state index contributed by atoms with van der Waals surface area (Å²) >= 11 is 0. The Bertz CT molecular complexity index is 1120. The third-order valence-electron chi connectivity index (χ3n) is 5.63. The Morgan fingerprint density at radius 3 is 2.70 bits per heavy atom. The van der Waals surface area contributed by atoms with E-state index in [1.807, 2.05) is 48.2 Å². The van der Waals surface area contributed by atoms with Gasteiger partial charge in [0.05, 0.1) is 18.5 Å². The fourth-order valence-corrected chi connectivity index (χ4v) is 3.79. The van der Waals surface area contributed by atoms with Gasteiger partial charge in [0.2, 0.25) is 0 Å². The number of halogens is 1. The Morgan fingerprint density at radius 1 is 1.12 bits per heavy atom. The number of pyridine rings is 1. The maximum atomic E-state index is 13.3. The van der Waals surface area contributed by atoms with E-state index in [2.05, 4.69) is 22.4 Å². The molecule has 1 aliphatic heterocycles. The number of urea groups is 1. The van der Waals surface area contributed by atoms with Crippen molar-refractivity contribution in [1.29, 1.82) is 0 Å². The Kier molecular flexibility index (Phi) is 7.35. The molecule has 2 amide bonds. The Hall–Kier alpha value is -3.67. The molecule has 33 heavy (non-hydrogen) atoms. The number of hydrogen-bond acceptors (Lipinski definition) is 3. The first-order valence-corrected chi connectivity index (χ1v) is 11.2. The number of benzene rings is 2. The van der Waals surface area contributed by atoms with Crippen molar-refractivity contribution in [2.75, 3.05) is 25.0 Å². The van der Waals surface area contributed by atoms with Crippen molar-refractivity contribution in [3.63, 3.8) is 0 Å². The van der Waals surface area contributed by atoms with Crippen LogP contribution in [-0.4, -0.2) is 35.6 Å². The zero-order valence-electron chi connectivity index (χ0n) is 18.8. The van der Waals surface area contributed by atoms with Crippen molar-refractivity contribution in [2.24, 2.45) is 0 Å². The van der Waals surface area contributed by atoms with E-state index in [4.69, 9.17) is 4.74 Å². The van der Waals surface area contributed by atoms with Crippen LogP contribution >= 0.6 is 0 Å². The zero-order chi connectivity index (χ0) is 23.0. The predicted octanol–water partition coefficient (Wildman–Crippen LogP) is 5.86. The number of carbonyl (C=O) groups excluding carboxylic acids is 1. The third-order valence-corrected chi connectivity index (χ3v) is 5.63. The van der Waals surface area contributed by atoms with Crippen molar-refractivity contribution in [3.05, 3.63) is 95.1 Å². The van der Waals surface area contributed by atoms with Gasteiger partial charge in [-0.15, -0.1) is 0 Å². The van der Waals surface area contributed by atoms with Crippen molar-refractivity contribution in [1.82, 2.24) is 9.88 Å². The second kappa shape index (κ2) is 10.8. The van der Waals surface area contributed by atoms with E-state index in [1.165, 1.54) is 17.7 Å². The van der Waals surface area contributed by atoms with Crippen molar-refractivity contribution in [2.45, 2.75) is 26.2 Å². The molecule has 2 heterocycles. The molecule has 0 spiro atoms. The third kappa shape index (κ3) is 6.65. The minimum atomic E-state index is -0.225. The quantitative estimate of drug-likeness (QED) is 0.517. The highest BCUT2D eigenvalue weighted by Crippen LogP contribution is 2.22. The lowest BCUT2D eigenvalue weighted by Gasteiger charge is -2.28. The summed E-state index contributed by atoms with van der Waals surface area (Å²) in [6.07, 6.45) is 6.18. The highest BCUT2D eigenvalue weighted by molar-refractivity contribution is 5.89. The Labute approximate surface area is 193 Å². The molecule has 170 valence electrons. The van der Waals surface area contributed by atoms with Gasteiger partial charge in [0.1, 0.15) is 11.6 Å². The number of aromatic nitrogens is 1. The molecule has 0 bridgehead atoms. The summed E-state index contributed by atoms with van der Waals surface area (Å²) in [6, 6.07) is 18.2. The predicted molar refractivity (Wildman–Crippen MR) is 129 cm³/mol. The van der Waals surface area contributed by atoms with E-state index in [9.17, 15) is 9.18 Å². The van der Waals surface area contributed by atoms with Crippen molar-refractivity contribution in [3.8, 4) is 5.75 Å². The average Bonchev–Trinajstić information content (AvgIpc) is 2.81. The summed E-state index contributed by atoms with van der Waals surface area (Å²) < 4.78 is 19.2. The van der Waals surface area contributed by atoms with Crippen LogP contribution in [0.15, 0.2) is 72.4 Å². The van der Waals surface area contributed by atoms with Gasteiger partial charge in [0.15, 0.2) is 0 Å². The lowest BCUT2D eigenvalue weighted by molar-refractivity contribution is 0.208. The highest BCUT2D eigenvalue weighted by atomic mass is 19.1. The molecule has 3 aromatic rings. The molecule has 1 aliphatic rings. The number of aryl methyl sites for hydroxylation is 1. The largest absolute Gasteiger partial charge is 0.493 e. The summed E-state index contributed by atoms with van der Waals surface area (Å²) in [4.78, 5) is 18.6. The van der Waals surface area contributed by atoms with Gasteiger partial charge in [-0.2, -0.15) is 0 Å². The van der Waals surface area contributed by atoms with Gasteiger partial charge >= 0.3 is 6.03 Å². The molecule has 1 fully saturated rings. The van der Waals surface area contributed by atoms with E-state index < -0.39 is 0 Å². The van der Waals surface area contributed by atoms with Crippen molar-refractivity contribution >= 4 is 17.8 Å². The first-order chi connectivity index (χ1) is 16.0. The molecular weight excluding hydrogens is 417 g/mol. The zero-order valence-corrected chi connectivity index (χ0v) is 18.8. The minimum absolute atomic E-state index is 0.0894. The maximum Gasteiger partial charge on any atom is 0.321 e. The van der Waals surface area contributed by atoms with Crippen LogP contribution in [0.2, 0.25) is 0 Å². The summed E-state index contributed by atoms with van der Waals surface area (Å²) in [5, 5.41) is 2.91. The number of rotatable bonds is 6. The summed E-state index contributed by atoms with van der Waals surface area (Å²) in [7, 11) is 0. The van der Waals surface area contributed by atoms with Crippen LogP contribution in [-0.2, 0) is 6.42 Å². The first-order valence-electron chi connectivity index (χ1n) is 11.2. The lowest BCUT2D eigenvalue weighted by Crippen LogP contribution is -2.39. The first kappa shape index (κ1) is 22.5. The van der Waals surface area contributed by atoms with E-state index in [0.29, 0.717) is 31.8 Å². The molecule has 0 saturated carbocycles. The number of nitrogens with one attached hydrogen (secondary N) is 1. The molecule has 0 unspecified atom stereocenters. The molecule has 1 saturated heterocycles. The standard InChI is InChI=1S/C27H28FN3O2/c1-20-8-9-25(19-29-20)30-27(32)31-13-10-22(11-14-31)16-23-5-3-7-26(18-23)33-15-12-21-4-2-6-24(28)17-21/h2-9,16-19H,10-15H2,1H3,(H,30,32). The van der Waals surface area contributed by atoms with Crippen molar-refractivity contribution < 1.29 is 13.9 Å². The molecule has 4 rings (SSSR count).